The lowest BCUT2D eigenvalue weighted by atomic mass is 9.89. The first-order valence-electron chi connectivity index (χ1n) is 17.7. The van der Waals surface area contributed by atoms with Crippen LogP contribution < -0.4 is 14.8 Å². The van der Waals surface area contributed by atoms with Crippen LogP contribution in [0.4, 0.5) is 0 Å². The summed E-state index contributed by atoms with van der Waals surface area (Å²) in [5.41, 5.74) is 4.20. The Morgan fingerprint density at radius 3 is 2.00 bits per heavy atom. The molecule has 1 N–H and O–H groups in total. The van der Waals surface area contributed by atoms with E-state index in [2.05, 4.69) is 18.3 Å². The molecule has 3 rings (SSSR count). The number of aliphatic imine (C=N–C) groups is 1. The van der Waals surface area contributed by atoms with Crippen molar-refractivity contribution in [3.8, 4) is 11.5 Å². The lowest BCUT2D eigenvalue weighted by Crippen LogP contribution is -2.34. The topological polar surface area (TPSA) is 78.4 Å². The Labute approximate surface area is 278 Å². The molecule has 1 aliphatic rings. The molecule has 0 aromatic heterocycles. The number of carbonyl (C=O) groups is 1. The number of amidine groups is 1. The van der Waals surface area contributed by atoms with Crippen LogP contribution in [0, 0.1) is 0 Å². The molecule has 1 aliphatic heterocycles. The van der Waals surface area contributed by atoms with Crippen LogP contribution in [0.5, 0.6) is 11.5 Å². The van der Waals surface area contributed by atoms with Crippen molar-refractivity contribution in [1.29, 1.82) is 0 Å². The van der Waals surface area contributed by atoms with Gasteiger partial charge in [0, 0.05) is 11.3 Å². The second-order valence-corrected chi connectivity index (χ2v) is 12.1. The van der Waals surface area contributed by atoms with E-state index in [1.807, 2.05) is 57.2 Å². The Hall–Kier alpha value is -3.48. The molecule has 0 fully saturated rings. The molecule has 46 heavy (non-hydrogen) atoms. The molecule has 0 saturated carbocycles. The van der Waals surface area contributed by atoms with Gasteiger partial charge in [0.2, 0.25) is 0 Å². The third kappa shape index (κ3) is 12.0. The molecular weight excluding hydrogens is 576 g/mol. The van der Waals surface area contributed by atoms with Crippen LogP contribution >= 0.6 is 0 Å². The summed E-state index contributed by atoms with van der Waals surface area (Å²) in [6.07, 6.45) is 18.0. The highest BCUT2D eigenvalue weighted by molar-refractivity contribution is 5.94. The fourth-order valence-electron chi connectivity index (χ4n) is 6.01. The predicted molar refractivity (Wildman–Crippen MR) is 187 cm³/mol. The van der Waals surface area contributed by atoms with Gasteiger partial charge in [0.15, 0.2) is 0 Å². The number of nitrogens with zero attached hydrogens (tertiary/aromatic N) is 1. The van der Waals surface area contributed by atoms with E-state index in [0.29, 0.717) is 30.5 Å². The minimum atomic E-state index is -0.606. The molecule has 2 aromatic rings. The van der Waals surface area contributed by atoms with Gasteiger partial charge in [-0.25, -0.2) is 9.79 Å². The highest BCUT2D eigenvalue weighted by Crippen LogP contribution is 2.40. The Morgan fingerprint density at radius 2 is 1.41 bits per heavy atom. The second-order valence-electron chi connectivity index (χ2n) is 12.1. The molecule has 1 atom stereocenters. The molecule has 254 valence electrons. The minimum Gasteiger partial charge on any atom is -0.497 e. The SMILES string of the molecule is CCCCCCCCCCCCCCCc1cccc(OCC)c1C1N=C(OCc2ccc(OC)cc2)NC(C)=C1C(=O)OCC. The summed E-state index contributed by atoms with van der Waals surface area (Å²) < 4.78 is 23.1. The van der Waals surface area contributed by atoms with E-state index in [0.717, 1.165) is 41.0 Å². The minimum absolute atomic E-state index is 0.284. The number of carbonyl (C=O) groups excluding carboxylic acids is 1. The van der Waals surface area contributed by atoms with E-state index in [9.17, 15) is 4.79 Å². The standard InChI is InChI=1S/C39H58N2O5/c1-6-9-10-11-12-13-14-15-16-17-18-19-20-22-32-23-21-24-34(44-7-2)36(32)37-35(38(42)45-8-3)30(4)40-39(41-37)46-29-31-25-27-33(43-5)28-26-31/h21,23-28,37H,6-20,22,29H2,1-5H3,(H,40,41). The first-order valence-corrected chi connectivity index (χ1v) is 17.7. The molecule has 0 saturated heterocycles. The van der Waals surface area contributed by atoms with E-state index in [1.54, 1.807) is 7.11 Å². The quantitative estimate of drug-likeness (QED) is 0.103. The summed E-state index contributed by atoms with van der Waals surface area (Å²) in [6.45, 7) is 9.07. The summed E-state index contributed by atoms with van der Waals surface area (Å²) in [4.78, 5) is 18.3. The summed E-state index contributed by atoms with van der Waals surface area (Å²) in [6, 6.07) is 13.7. The number of hydrogen-bond donors (Lipinski definition) is 1. The van der Waals surface area contributed by atoms with Gasteiger partial charge in [-0.05, 0) is 62.9 Å². The fraction of sp³-hybridized carbons (Fsp3) is 0.590. The van der Waals surface area contributed by atoms with Crippen LogP contribution in [0.15, 0.2) is 58.7 Å². The molecule has 1 heterocycles. The molecule has 1 unspecified atom stereocenters. The Morgan fingerprint density at radius 1 is 0.783 bits per heavy atom. The summed E-state index contributed by atoms with van der Waals surface area (Å²) in [5.74, 6) is 1.15. The zero-order valence-corrected chi connectivity index (χ0v) is 29.1. The van der Waals surface area contributed by atoms with Gasteiger partial charge < -0.3 is 24.3 Å². The van der Waals surface area contributed by atoms with Gasteiger partial charge in [0.05, 0.1) is 25.9 Å². The maximum absolute atomic E-state index is 13.3. The maximum Gasteiger partial charge on any atom is 0.338 e. The molecule has 0 aliphatic carbocycles. The van der Waals surface area contributed by atoms with Crippen LogP contribution in [0.3, 0.4) is 0 Å². The van der Waals surface area contributed by atoms with E-state index < -0.39 is 6.04 Å². The number of allylic oxidation sites excluding steroid dienone is 1. The van der Waals surface area contributed by atoms with E-state index in [1.165, 1.54) is 77.0 Å². The molecular formula is C39H58N2O5. The number of benzene rings is 2. The monoisotopic (exact) mass is 634 g/mol. The molecule has 0 radical (unpaired) electrons. The van der Waals surface area contributed by atoms with Crippen LogP contribution in [-0.2, 0) is 27.3 Å². The number of aryl methyl sites for hydroxylation is 1. The summed E-state index contributed by atoms with van der Waals surface area (Å²) >= 11 is 0. The zero-order chi connectivity index (χ0) is 33.0. The molecule has 0 spiro atoms. The smallest absolute Gasteiger partial charge is 0.338 e. The van der Waals surface area contributed by atoms with Gasteiger partial charge in [-0.2, -0.15) is 0 Å². The van der Waals surface area contributed by atoms with Gasteiger partial charge in [0.25, 0.3) is 6.02 Å². The van der Waals surface area contributed by atoms with Gasteiger partial charge in [-0.15, -0.1) is 0 Å². The normalized spacial score (nSPS) is 14.5. The Balaban J connectivity index is 1.68. The fourth-order valence-corrected chi connectivity index (χ4v) is 6.01. The van der Waals surface area contributed by atoms with E-state index >= 15 is 0 Å². The van der Waals surface area contributed by atoms with Gasteiger partial charge >= 0.3 is 5.97 Å². The van der Waals surface area contributed by atoms with Crippen LogP contribution in [0.1, 0.15) is 134 Å². The number of hydrogen-bond acceptors (Lipinski definition) is 7. The maximum atomic E-state index is 13.3. The van der Waals surface area contributed by atoms with E-state index in [-0.39, 0.29) is 12.6 Å². The first kappa shape index (κ1) is 37.0. The van der Waals surface area contributed by atoms with Crippen LogP contribution in [-0.4, -0.2) is 32.3 Å². The third-order valence-electron chi connectivity index (χ3n) is 8.53. The van der Waals surface area contributed by atoms with Gasteiger partial charge in [-0.3, -0.25) is 0 Å². The zero-order valence-electron chi connectivity index (χ0n) is 29.1. The third-order valence-corrected chi connectivity index (χ3v) is 8.53. The molecule has 0 bridgehead atoms. The van der Waals surface area contributed by atoms with Crippen molar-refractivity contribution in [1.82, 2.24) is 5.32 Å². The summed E-state index contributed by atoms with van der Waals surface area (Å²) in [7, 11) is 1.65. The average Bonchev–Trinajstić information content (AvgIpc) is 3.06. The lowest BCUT2D eigenvalue weighted by molar-refractivity contribution is -0.139. The molecule has 2 aromatic carbocycles. The molecule has 7 heteroatoms. The van der Waals surface area contributed by atoms with Crippen LogP contribution in [0.2, 0.25) is 0 Å². The van der Waals surface area contributed by atoms with Crippen molar-refractivity contribution in [2.24, 2.45) is 4.99 Å². The molecule has 7 nitrogen and oxygen atoms in total. The van der Waals surface area contributed by atoms with Crippen molar-refractivity contribution >= 4 is 12.0 Å². The number of nitrogens with one attached hydrogen (secondary N) is 1. The van der Waals surface area contributed by atoms with Gasteiger partial charge in [-0.1, -0.05) is 108 Å². The number of ether oxygens (including phenoxy) is 4. The van der Waals surface area contributed by atoms with Crippen molar-refractivity contribution in [2.75, 3.05) is 20.3 Å². The van der Waals surface area contributed by atoms with Gasteiger partial charge in [0.1, 0.15) is 24.1 Å². The van der Waals surface area contributed by atoms with E-state index in [4.69, 9.17) is 23.9 Å². The number of unbranched alkanes of at least 4 members (excludes halogenated alkanes) is 12. The lowest BCUT2D eigenvalue weighted by Gasteiger charge is -2.28. The number of esters is 1. The Kier molecular flexibility index (Phi) is 17.2. The van der Waals surface area contributed by atoms with Crippen molar-refractivity contribution in [3.63, 3.8) is 0 Å². The second kappa shape index (κ2) is 21.3. The first-order chi connectivity index (χ1) is 22.5. The summed E-state index contributed by atoms with van der Waals surface area (Å²) in [5, 5.41) is 3.21. The average molecular weight is 635 g/mol. The van der Waals surface area contributed by atoms with Crippen molar-refractivity contribution < 1.29 is 23.7 Å². The Bertz CT molecular complexity index is 1240. The number of methoxy groups -OCH3 is 1. The number of rotatable bonds is 22. The molecule has 0 amide bonds. The van der Waals surface area contributed by atoms with Crippen LogP contribution in [0.25, 0.3) is 0 Å². The van der Waals surface area contributed by atoms with Crippen molar-refractivity contribution in [3.05, 3.63) is 70.4 Å². The predicted octanol–water partition coefficient (Wildman–Crippen LogP) is 9.78. The largest absolute Gasteiger partial charge is 0.497 e. The van der Waals surface area contributed by atoms with Crippen molar-refractivity contribution in [2.45, 2.75) is 130 Å². The highest BCUT2D eigenvalue weighted by Gasteiger charge is 2.34. The highest BCUT2D eigenvalue weighted by atomic mass is 16.5.